The topological polar surface area (TPSA) is 56.3 Å². The third-order valence-corrected chi connectivity index (χ3v) is 3.79. The van der Waals surface area contributed by atoms with Crippen LogP contribution in [0.15, 0.2) is 6.20 Å². The van der Waals surface area contributed by atoms with Crippen LogP contribution in [0.3, 0.4) is 0 Å². The summed E-state index contributed by atoms with van der Waals surface area (Å²) in [6, 6.07) is 0.292. The maximum Gasteiger partial charge on any atom is 0.0641 e. The van der Waals surface area contributed by atoms with Gasteiger partial charge in [-0.05, 0) is 25.8 Å². The van der Waals surface area contributed by atoms with Crippen LogP contribution in [0.4, 0.5) is 0 Å². The molecule has 18 heavy (non-hydrogen) atoms. The molecule has 1 saturated heterocycles. The van der Waals surface area contributed by atoms with E-state index in [4.69, 9.17) is 10.5 Å². The lowest BCUT2D eigenvalue weighted by Crippen LogP contribution is -2.32. The van der Waals surface area contributed by atoms with Crippen molar-refractivity contribution in [1.29, 1.82) is 0 Å². The molecule has 1 aliphatic rings. The van der Waals surface area contributed by atoms with Gasteiger partial charge in [0.25, 0.3) is 0 Å². The van der Waals surface area contributed by atoms with Gasteiger partial charge in [0, 0.05) is 39.0 Å². The smallest absolute Gasteiger partial charge is 0.0641 e. The number of methoxy groups -OCH3 is 1. The summed E-state index contributed by atoms with van der Waals surface area (Å²) in [6.07, 6.45) is 3.29. The Bertz CT molecular complexity index is 390. The van der Waals surface area contributed by atoms with E-state index in [1.165, 1.54) is 12.0 Å². The summed E-state index contributed by atoms with van der Waals surface area (Å²) in [4.78, 5) is 2.47. The fraction of sp³-hybridized carbons (Fsp3) is 0.769. The standard InChI is InChI=1S/C13H24N4O/c1-10-12(8-16(2)15-10)13(6-14)17-5-4-11(7-17)9-18-3/h8,11,13H,4-7,9,14H2,1-3H3. The van der Waals surface area contributed by atoms with Crippen LogP contribution in [0.25, 0.3) is 0 Å². The number of aromatic nitrogens is 2. The molecule has 2 heterocycles. The maximum atomic E-state index is 5.97. The van der Waals surface area contributed by atoms with Gasteiger partial charge < -0.3 is 10.5 Å². The largest absolute Gasteiger partial charge is 0.384 e. The first-order valence-corrected chi connectivity index (χ1v) is 6.59. The highest BCUT2D eigenvalue weighted by Crippen LogP contribution is 2.28. The highest BCUT2D eigenvalue weighted by Gasteiger charge is 2.29. The predicted octanol–water partition coefficient (Wildman–Crippen LogP) is 0.697. The van der Waals surface area contributed by atoms with Crippen molar-refractivity contribution < 1.29 is 4.74 Å². The predicted molar refractivity (Wildman–Crippen MR) is 71.3 cm³/mol. The third-order valence-electron chi connectivity index (χ3n) is 3.79. The molecule has 0 amide bonds. The zero-order chi connectivity index (χ0) is 13.1. The monoisotopic (exact) mass is 252 g/mol. The van der Waals surface area contributed by atoms with E-state index in [0.29, 0.717) is 18.5 Å². The molecule has 1 aliphatic heterocycles. The van der Waals surface area contributed by atoms with Gasteiger partial charge in [-0.25, -0.2) is 0 Å². The first-order chi connectivity index (χ1) is 8.65. The van der Waals surface area contributed by atoms with Gasteiger partial charge in [0.2, 0.25) is 0 Å². The SMILES string of the molecule is COCC1CCN(C(CN)c2cn(C)nc2C)C1. The first-order valence-electron chi connectivity index (χ1n) is 6.59. The number of nitrogens with zero attached hydrogens (tertiary/aromatic N) is 3. The lowest BCUT2D eigenvalue weighted by atomic mass is 10.1. The fourth-order valence-corrected chi connectivity index (χ4v) is 2.94. The van der Waals surface area contributed by atoms with Crippen LogP contribution in [0, 0.1) is 12.8 Å². The number of rotatable bonds is 5. The quantitative estimate of drug-likeness (QED) is 0.838. The van der Waals surface area contributed by atoms with Crippen molar-refractivity contribution in [3.63, 3.8) is 0 Å². The summed E-state index contributed by atoms with van der Waals surface area (Å²) >= 11 is 0. The Hall–Kier alpha value is -0.910. The molecule has 0 bridgehead atoms. The van der Waals surface area contributed by atoms with E-state index in [2.05, 4.69) is 23.1 Å². The number of hydrogen-bond donors (Lipinski definition) is 1. The zero-order valence-electron chi connectivity index (χ0n) is 11.6. The Morgan fingerprint density at radius 3 is 2.94 bits per heavy atom. The highest BCUT2D eigenvalue weighted by atomic mass is 16.5. The van der Waals surface area contributed by atoms with Crippen molar-refractivity contribution >= 4 is 0 Å². The van der Waals surface area contributed by atoms with Crippen LogP contribution in [0.5, 0.6) is 0 Å². The van der Waals surface area contributed by atoms with E-state index >= 15 is 0 Å². The van der Waals surface area contributed by atoms with E-state index in [1.807, 2.05) is 11.7 Å². The molecular formula is C13H24N4O. The van der Waals surface area contributed by atoms with Crippen molar-refractivity contribution in [1.82, 2.24) is 14.7 Å². The van der Waals surface area contributed by atoms with Crippen LogP contribution in [0.1, 0.15) is 23.7 Å². The number of aryl methyl sites for hydroxylation is 2. The number of likely N-dealkylation sites (tertiary alicyclic amines) is 1. The molecule has 5 nitrogen and oxygen atoms in total. The van der Waals surface area contributed by atoms with Gasteiger partial charge in [-0.15, -0.1) is 0 Å². The Labute approximate surface area is 109 Å². The maximum absolute atomic E-state index is 5.97. The molecule has 0 saturated carbocycles. The van der Waals surface area contributed by atoms with Crippen molar-refractivity contribution in [2.24, 2.45) is 18.7 Å². The zero-order valence-corrected chi connectivity index (χ0v) is 11.6. The summed E-state index contributed by atoms with van der Waals surface area (Å²) in [5, 5.41) is 4.42. The normalized spacial score (nSPS) is 22.6. The van der Waals surface area contributed by atoms with Gasteiger partial charge in [0.15, 0.2) is 0 Å². The van der Waals surface area contributed by atoms with E-state index in [-0.39, 0.29) is 0 Å². The Morgan fingerprint density at radius 1 is 1.61 bits per heavy atom. The van der Waals surface area contributed by atoms with Gasteiger partial charge in [0.1, 0.15) is 0 Å². The number of hydrogen-bond acceptors (Lipinski definition) is 4. The van der Waals surface area contributed by atoms with Crippen molar-refractivity contribution in [3.8, 4) is 0 Å². The molecule has 2 N–H and O–H groups in total. The summed E-state index contributed by atoms with van der Waals surface area (Å²) in [5.41, 5.74) is 8.32. The molecule has 1 fully saturated rings. The van der Waals surface area contributed by atoms with Crippen LogP contribution in [0.2, 0.25) is 0 Å². The number of nitrogens with two attached hydrogens (primary N) is 1. The summed E-state index contributed by atoms with van der Waals surface area (Å²) < 4.78 is 7.12. The Morgan fingerprint density at radius 2 is 2.39 bits per heavy atom. The lowest BCUT2D eigenvalue weighted by molar-refractivity contribution is 0.147. The van der Waals surface area contributed by atoms with Gasteiger partial charge in [0.05, 0.1) is 18.3 Å². The first kappa shape index (κ1) is 13.5. The van der Waals surface area contributed by atoms with Crippen LogP contribution < -0.4 is 5.73 Å². The molecule has 2 rings (SSSR count). The minimum absolute atomic E-state index is 0.292. The lowest BCUT2D eigenvalue weighted by Gasteiger charge is -2.26. The second kappa shape index (κ2) is 5.82. The van der Waals surface area contributed by atoms with Gasteiger partial charge >= 0.3 is 0 Å². The molecule has 2 atom stereocenters. The molecular weight excluding hydrogens is 228 g/mol. The molecule has 1 aromatic rings. The Balaban J connectivity index is 2.08. The second-order valence-corrected chi connectivity index (χ2v) is 5.20. The molecule has 5 heteroatoms. The van der Waals surface area contributed by atoms with Crippen molar-refractivity contribution in [2.45, 2.75) is 19.4 Å². The van der Waals surface area contributed by atoms with Gasteiger partial charge in [-0.1, -0.05) is 0 Å². The van der Waals surface area contributed by atoms with Crippen LogP contribution >= 0.6 is 0 Å². The van der Waals surface area contributed by atoms with E-state index in [0.717, 1.165) is 25.4 Å². The fourth-order valence-electron chi connectivity index (χ4n) is 2.94. The average Bonchev–Trinajstić information content (AvgIpc) is 2.89. The summed E-state index contributed by atoms with van der Waals surface area (Å²) in [5.74, 6) is 0.640. The van der Waals surface area contributed by atoms with Gasteiger partial charge in [-0.3, -0.25) is 9.58 Å². The van der Waals surface area contributed by atoms with Crippen molar-refractivity contribution in [2.75, 3.05) is 33.4 Å². The van der Waals surface area contributed by atoms with E-state index < -0.39 is 0 Å². The number of ether oxygens (including phenoxy) is 1. The Kier molecular flexibility index (Phi) is 4.37. The molecule has 102 valence electrons. The molecule has 2 unspecified atom stereocenters. The molecule has 0 aromatic carbocycles. The van der Waals surface area contributed by atoms with E-state index in [9.17, 15) is 0 Å². The van der Waals surface area contributed by atoms with E-state index in [1.54, 1.807) is 7.11 Å². The van der Waals surface area contributed by atoms with Crippen LogP contribution in [-0.4, -0.2) is 48.0 Å². The average molecular weight is 252 g/mol. The minimum Gasteiger partial charge on any atom is -0.384 e. The second-order valence-electron chi connectivity index (χ2n) is 5.20. The summed E-state index contributed by atoms with van der Waals surface area (Å²) in [6.45, 7) is 5.72. The third kappa shape index (κ3) is 2.74. The van der Waals surface area contributed by atoms with Gasteiger partial charge in [-0.2, -0.15) is 5.10 Å². The van der Waals surface area contributed by atoms with Crippen molar-refractivity contribution in [3.05, 3.63) is 17.5 Å². The molecule has 0 spiro atoms. The summed E-state index contributed by atoms with van der Waals surface area (Å²) in [7, 11) is 3.73. The molecule has 0 radical (unpaired) electrons. The molecule has 1 aromatic heterocycles. The van der Waals surface area contributed by atoms with Crippen LogP contribution in [-0.2, 0) is 11.8 Å². The molecule has 0 aliphatic carbocycles. The minimum atomic E-state index is 0.292. The highest BCUT2D eigenvalue weighted by molar-refractivity contribution is 5.21.